The molecule has 1 saturated carbocycles. The number of nitrogens with two attached hydrogens (primary N) is 1. The number of carbonyl (C=O) groups excluding carboxylic acids is 5. The summed E-state index contributed by atoms with van der Waals surface area (Å²) >= 11 is 0. The normalized spacial score (nSPS) is 24.7. The standard InChI is InChI=1S/C26H44N4O5/c1-8-15(6)20(29-24(33)14(4)5)26(35)30-12-16(7)19(13(2)3)21(30)25(34)28-18(11-17-9-10-17)22(31)23(27)32/h13-21H,8-12H2,1-7H3,(H2,27,32)(H,28,34)(H,29,33)/t15-,16+,18?,19+,20+,21+/m1/s1. The van der Waals surface area contributed by atoms with Gasteiger partial charge < -0.3 is 21.3 Å². The van der Waals surface area contributed by atoms with Gasteiger partial charge in [0.05, 0.1) is 6.04 Å². The van der Waals surface area contributed by atoms with E-state index in [1.54, 1.807) is 18.7 Å². The van der Waals surface area contributed by atoms with Crippen molar-refractivity contribution in [2.24, 2.45) is 41.2 Å². The Balaban J connectivity index is 2.36. The topological polar surface area (TPSA) is 139 Å². The summed E-state index contributed by atoms with van der Waals surface area (Å²) in [6, 6.07) is -2.54. The third kappa shape index (κ3) is 7.04. The Hall–Kier alpha value is -2.45. The highest BCUT2D eigenvalue weighted by atomic mass is 16.2. The smallest absolute Gasteiger partial charge is 0.287 e. The first-order valence-electron chi connectivity index (χ1n) is 13.0. The Bertz CT molecular complexity index is 823. The first kappa shape index (κ1) is 28.8. The Morgan fingerprint density at radius 1 is 1.00 bits per heavy atom. The highest BCUT2D eigenvalue weighted by Gasteiger charge is 2.49. The number of nitrogens with zero attached hydrogens (tertiary/aromatic N) is 1. The molecule has 0 aromatic rings. The van der Waals surface area contributed by atoms with Gasteiger partial charge in [0.25, 0.3) is 5.91 Å². The summed E-state index contributed by atoms with van der Waals surface area (Å²) in [5, 5.41) is 5.67. The van der Waals surface area contributed by atoms with E-state index < -0.39 is 35.7 Å². The molecule has 9 nitrogen and oxygen atoms in total. The number of ketones is 1. The molecule has 35 heavy (non-hydrogen) atoms. The van der Waals surface area contributed by atoms with Crippen LogP contribution in [0.2, 0.25) is 0 Å². The summed E-state index contributed by atoms with van der Waals surface area (Å²) in [7, 11) is 0. The van der Waals surface area contributed by atoms with Gasteiger partial charge in [-0.15, -0.1) is 0 Å². The van der Waals surface area contributed by atoms with Gasteiger partial charge in [-0.05, 0) is 36.0 Å². The largest absolute Gasteiger partial charge is 0.363 e. The Labute approximate surface area is 209 Å². The highest BCUT2D eigenvalue weighted by molar-refractivity contribution is 6.37. The molecule has 4 N–H and O–H groups in total. The van der Waals surface area contributed by atoms with Crippen LogP contribution in [-0.4, -0.2) is 59.0 Å². The number of hydrogen-bond donors (Lipinski definition) is 3. The van der Waals surface area contributed by atoms with Crippen LogP contribution in [0.3, 0.4) is 0 Å². The zero-order valence-electron chi connectivity index (χ0n) is 22.3. The van der Waals surface area contributed by atoms with Gasteiger partial charge in [-0.2, -0.15) is 0 Å². The predicted octanol–water partition coefficient (Wildman–Crippen LogP) is 1.63. The monoisotopic (exact) mass is 492 g/mol. The van der Waals surface area contributed by atoms with Gasteiger partial charge in [-0.25, -0.2) is 0 Å². The van der Waals surface area contributed by atoms with Crippen LogP contribution in [0, 0.1) is 35.5 Å². The maximum Gasteiger partial charge on any atom is 0.287 e. The van der Waals surface area contributed by atoms with E-state index in [1.807, 2.05) is 34.6 Å². The molecule has 0 aromatic carbocycles. The molecular weight excluding hydrogens is 448 g/mol. The van der Waals surface area contributed by atoms with Crippen LogP contribution in [0.25, 0.3) is 0 Å². The highest BCUT2D eigenvalue weighted by Crippen LogP contribution is 2.37. The Kier molecular flexibility index (Phi) is 9.86. The number of rotatable bonds is 12. The lowest BCUT2D eigenvalue weighted by Crippen LogP contribution is -2.59. The second-order valence-electron chi connectivity index (χ2n) is 11.2. The number of likely N-dealkylation sites (tertiary alicyclic amines) is 1. The molecule has 9 heteroatoms. The lowest BCUT2D eigenvalue weighted by Gasteiger charge is -2.34. The minimum atomic E-state index is -1.07. The number of Topliss-reactive ketones (excluding diaryl/α,β-unsaturated/α-hetero) is 1. The molecule has 1 unspecified atom stereocenters. The summed E-state index contributed by atoms with van der Waals surface area (Å²) in [6.45, 7) is 13.8. The van der Waals surface area contributed by atoms with E-state index in [4.69, 9.17) is 5.73 Å². The fraction of sp³-hybridized carbons (Fsp3) is 0.808. The molecule has 1 aliphatic heterocycles. The average Bonchev–Trinajstić information content (AvgIpc) is 3.53. The van der Waals surface area contributed by atoms with E-state index in [0.29, 0.717) is 19.4 Å². The molecule has 4 amide bonds. The SMILES string of the molecule is CC[C@@H](C)[C@H](NC(=O)C(C)C)C(=O)N1C[C@H](C)[C@H](C(C)C)[C@H]1C(=O)NC(CC1CC1)C(=O)C(N)=O. The van der Waals surface area contributed by atoms with Gasteiger partial charge in [-0.1, -0.05) is 67.7 Å². The van der Waals surface area contributed by atoms with Crippen molar-refractivity contribution in [1.82, 2.24) is 15.5 Å². The minimum absolute atomic E-state index is 0.0433. The van der Waals surface area contributed by atoms with E-state index >= 15 is 0 Å². The van der Waals surface area contributed by atoms with E-state index in [1.165, 1.54) is 0 Å². The fourth-order valence-electron chi connectivity index (χ4n) is 5.16. The van der Waals surface area contributed by atoms with Crippen molar-refractivity contribution in [3.8, 4) is 0 Å². The van der Waals surface area contributed by atoms with Crippen molar-refractivity contribution >= 4 is 29.4 Å². The van der Waals surface area contributed by atoms with Crippen LogP contribution in [0.5, 0.6) is 0 Å². The van der Waals surface area contributed by atoms with Gasteiger partial charge in [0.1, 0.15) is 12.1 Å². The molecular formula is C26H44N4O5. The molecule has 2 aliphatic rings. The summed E-state index contributed by atoms with van der Waals surface area (Å²) < 4.78 is 0. The van der Waals surface area contributed by atoms with Gasteiger partial charge in [0.2, 0.25) is 23.5 Å². The van der Waals surface area contributed by atoms with Crippen molar-refractivity contribution in [2.75, 3.05) is 6.54 Å². The zero-order valence-corrected chi connectivity index (χ0v) is 22.3. The zero-order chi connectivity index (χ0) is 26.6. The van der Waals surface area contributed by atoms with E-state index in [-0.39, 0.29) is 47.3 Å². The summed E-state index contributed by atoms with van der Waals surface area (Å²) in [6.07, 6.45) is 2.95. The molecule has 1 saturated heterocycles. The molecule has 2 fully saturated rings. The maximum atomic E-state index is 13.8. The minimum Gasteiger partial charge on any atom is -0.363 e. The fourth-order valence-corrected chi connectivity index (χ4v) is 5.16. The molecule has 1 heterocycles. The molecule has 1 aliphatic carbocycles. The lowest BCUT2D eigenvalue weighted by atomic mass is 9.82. The second-order valence-corrected chi connectivity index (χ2v) is 11.2. The van der Waals surface area contributed by atoms with Crippen molar-refractivity contribution < 1.29 is 24.0 Å². The molecule has 0 radical (unpaired) electrons. The van der Waals surface area contributed by atoms with E-state index in [2.05, 4.69) is 10.6 Å². The third-order valence-electron chi connectivity index (χ3n) is 7.61. The maximum absolute atomic E-state index is 13.8. The first-order chi connectivity index (χ1) is 16.3. The van der Waals surface area contributed by atoms with Crippen LogP contribution in [-0.2, 0) is 24.0 Å². The number of hydrogen-bond acceptors (Lipinski definition) is 5. The van der Waals surface area contributed by atoms with E-state index in [9.17, 15) is 24.0 Å². The summed E-state index contributed by atoms with van der Waals surface area (Å²) in [5.74, 6) is -2.94. The van der Waals surface area contributed by atoms with Crippen LogP contribution >= 0.6 is 0 Å². The lowest BCUT2D eigenvalue weighted by molar-refractivity contribution is -0.145. The second kappa shape index (κ2) is 12.0. The average molecular weight is 493 g/mol. The predicted molar refractivity (Wildman–Crippen MR) is 133 cm³/mol. The molecule has 6 atom stereocenters. The van der Waals surface area contributed by atoms with Crippen molar-refractivity contribution in [2.45, 2.75) is 92.3 Å². The van der Waals surface area contributed by atoms with E-state index in [0.717, 1.165) is 12.8 Å². The number of amides is 4. The quantitative estimate of drug-likeness (QED) is 0.355. The summed E-state index contributed by atoms with van der Waals surface area (Å²) in [5.41, 5.74) is 5.25. The van der Waals surface area contributed by atoms with Gasteiger partial charge in [-0.3, -0.25) is 24.0 Å². The van der Waals surface area contributed by atoms with Crippen LogP contribution in [0.1, 0.15) is 74.1 Å². The van der Waals surface area contributed by atoms with Gasteiger partial charge in [0.15, 0.2) is 0 Å². The third-order valence-corrected chi connectivity index (χ3v) is 7.61. The number of nitrogens with one attached hydrogen (secondary N) is 2. The number of carbonyl (C=O) groups is 5. The van der Waals surface area contributed by atoms with Crippen LogP contribution in [0.4, 0.5) is 0 Å². The van der Waals surface area contributed by atoms with Crippen molar-refractivity contribution in [3.05, 3.63) is 0 Å². The summed E-state index contributed by atoms with van der Waals surface area (Å²) in [4.78, 5) is 65.6. The van der Waals surface area contributed by atoms with Crippen molar-refractivity contribution in [3.63, 3.8) is 0 Å². The molecule has 0 spiro atoms. The number of primary amides is 1. The van der Waals surface area contributed by atoms with Gasteiger partial charge in [0, 0.05) is 12.5 Å². The molecule has 198 valence electrons. The van der Waals surface area contributed by atoms with Crippen LogP contribution in [0.15, 0.2) is 0 Å². The Morgan fingerprint density at radius 2 is 1.60 bits per heavy atom. The van der Waals surface area contributed by atoms with Crippen molar-refractivity contribution in [1.29, 1.82) is 0 Å². The van der Waals surface area contributed by atoms with Gasteiger partial charge >= 0.3 is 0 Å². The Morgan fingerprint density at radius 3 is 2.06 bits per heavy atom. The molecule has 0 bridgehead atoms. The molecule has 2 rings (SSSR count). The first-order valence-corrected chi connectivity index (χ1v) is 13.0. The van der Waals surface area contributed by atoms with Crippen LogP contribution < -0.4 is 16.4 Å². The molecule has 0 aromatic heterocycles.